The topological polar surface area (TPSA) is 64.4 Å². The molecule has 1 saturated heterocycles. The van der Waals surface area contributed by atoms with Crippen LogP contribution in [-0.2, 0) is 4.74 Å². The Morgan fingerprint density at radius 3 is 2.76 bits per heavy atom. The smallest absolute Gasteiger partial charge is 0.295 e. The van der Waals surface area contributed by atoms with Crippen molar-refractivity contribution in [3.05, 3.63) is 34.1 Å². The minimum Gasteiger partial charge on any atom is -0.381 e. The lowest BCUT2D eigenvalue weighted by molar-refractivity contribution is -0.384. The predicted octanol–water partition coefficient (Wildman–Crippen LogP) is 2.32. The molecular weight excluding hydrogens is 227 g/mol. The van der Waals surface area contributed by atoms with Gasteiger partial charge in [-0.25, -0.2) is 4.39 Å². The highest BCUT2D eigenvalue weighted by molar-refractivity contribution is 5.62. The average molecular weight is 240 g/mol. The summed E-state index contributed by atoms with van der Waals surface area (Å²) >= 11 is 0. The third-order valence-electron chi connectivity index (χ3n) is 2.76. The molecule has 0 radical (unpaired) electrons. The molecule has 0 aromatic heterocycles. The van der Waals surface area contributed by atoms with Crippen LogP contribution in [0.15, 0.2) is 18.2 Å². The van der Waals surface area contributed by atoms with Gasteiger partial charge in [-0.05, 0) is 18.9 Å². The van der Waals surface area contributed by atoms with Gasteiger partial charge in [0.15, 0.2) is 5.82 Å². The number of halogens is 1. The fourth-order valence-electron chi connectivity index (χ4n) is 1.85. The number of nitrogens with one attached hydrogen (secondary N) is 1. The van der Waals surface area contributed by atoms with Gasteiger partial charge in [0, 0.05) is 25.3 Å². The van der Waals surface area contributed by atoms with Crippen LogP contribution in [-0.4, -0.2) is 24.2 Å². The molecule has 0 atom stereocenters. The molecule has 1 aromatic rings. The Labute approximate surface area is 97.7 Å². The van der Waals surface area contributed by atoms with Crippen LogP contribution in [0.2, 0.25) is 0 Å². The van der Waals surface area contributed by atoms with Crippen molar-refractivity contribution in [2.24, 2.45) is 0 Å². The van der Waals surface area contributed by atoms with Crippen molar-refractivity contribution in [1.29, 1.82) is 0 Å². The molecule has 1 aliphatic heterocycles. The quantitative estimate of drug-likeness (QED) is 0.650. The lowest BCUT2D eigenvalue weighted by atomic mass is 10.1. The molecule has 1 aliphatic rings. The molecule has 5 nitrogen and oxygen atoms in total. The Morgan fingerprint density at radius 1 is 1.41 bits per heavy atom. The first-order valence-corrected chi connectivity index (χ1v) is 5.45. The Kier molecular flexibility index (Phi) is 3.53. The van der Waals surface area contributed by atoms with Crippen LogP contribution in [0.5, 0.6) is 0 Å². The number of hydrogen-bond donors (Lipinski definition) is 1. The number of benzene rings is 1. The normalized spacial score (nSPS) is 16.8. The van der Waals surface area contributed by atoms with Crippen molar-refractivity contribution in [2.45, 2.75) is 18.9 Å². The second-order valence-electron chi connectivity index (χ2n) is 3.92. The maximum atomic E-state index is 13.6. The number of para-hydroxylation sites is 1. The second-order valence-corrected chi connectivity index (χ2v) is 3.92. The van der Waals surface area contributed by atoms with Gasteiger partial charge in [-0.15, -0.1) is 0 Å². The summed E-state index contributed by atoms with van der Waals surface area (Å²) in [4.78, 5) is 10.2. The molecule has 2 rings (SSSR count). The largest absolute Gasteiger partial charge is 0.381 e. The van der Waals surface area contributed by atoms with Crippen LogP contribution in [0.1, 0.15) is 12.8 Å². The number of rotatable bonds is 3. The molecule has 0 aliphatic carbocycles. The van der Waals surface area contributed by atoms with Gasteiger partial charge in [0.05, 0.1) is 4.92 Å². The van der Waals surface area contributed by atoms with Crippen molar-refractivity contribution in [3.63, 3.8) is 0 Å². The summed E-state index contributed by atoms with van der Waals surface area (Å²) in [7, 11) is 0. The number of ether oxygens (including phenoxy) is 1. The Hall–Kier alpha value is -1.69. The molecule has 0 saturated carbocycles. The summed E-state index contributed by atoms with van der Waals surface area (Å²) < 4.78 is 18.7. The summed E-state index contributed by atoms with van der Waals surface area (Å²) in [6, 6.07) is 3.88. The van der Waals surface area contributed by atoms with Crippen LogP contribution in [0.25, 0.3) is 0 Å². The zero-order chi connectivity index (χ0) is 12.3. The first kappa shape index (κ1) is 11.8. The lowest BCUT2D eigenvalue weighted by Gasteiger charge is -2.24. The highest BCUT2D eigenvalue weighted by Gasteiger charge is 2.22. The lowest BCUT2D eigenvalue weighted by Crippen LogP contribution is -2.28. The number of anilines is 1. The van der Waals surface area contributed by atoms with E-state index < -0.39 is 10.7 Å². The van der Waals surface area contributed by atoms with E-state index in [-0.39, 0.29) is 17.4 Å². The Balaban J connectivity index is 2.21. The Bertz CT molecular complexity index is 419. The summed E-state index contributed by atoms with van der Waals surface area (Å²) in [6.45, 7) is 1.19. The average Bonchev–Trinajstić information content (AvgIpc) is 2.33. The summed E-state index contributed by atoms with van der Waals surface area (Å²) in [5.74, 6) is -0.592. The number of nitro benzene ring substituents is 1. The maximum Gasteiger partial charge on any atom is 0.295 e. The van der Waals surface area contributed by atoms with Crippen LogP contribution in [0.4, 0.5) is 15.8 Å². The van der Waals surface area contributed by atoms with E-state index in [1.807, 2.05) is 0 Å². The second kappa shape index (κ2) is 5.09. The molecule has 1 N–H and O–H groups in total. The number of hydrogen-bond acceptors (Lipinski definition) is 4. The van der Waals surface area contributed by atoms with Gasteiger partial charge in [-0.2, -0.15) is 0 Å². The Morgan fingerprint density at radius 2 is 2.12 bits per heavy atom. The van der Waals surface area contributed by atoms with Gasteiger partial charge in [0.2, 0.25) is 0 Å². The molecular formula is C11H13FN2O3. The van der Waals surface area contributed by atoms with E-state index in [9.17, 15) is 14.5 Å². The van der Waals surface area contributed by atoms with Gasteiger partial charge >= 0.3 is 0 Å². The van der Waals surface area contributed by atoms with Crippen molar-refractivity contribution in [2.75, 3.05) is 18.5 Å². The first-order valence-electron chi connectivity index (χ1n) is 5.45. The van der Waals surface area contributed by atoms with Gasteiger partial charge in [0.1, 0.15) is 5.69 Å². The monoisotopic (exact) mass is 240 g/mol. The third-order valence-corrected chi connectivity index (χ3v) is 2.76. The highest BCUT2D eigenvalue weighted by atomic mass is 19.1. The predicted molar refractivity (Wildman–Crippen MR) is 60.5 cm³/mol. The van der Waals surface area contributed by atoms with Gasteiger partial charge in [0.25, 0.3) is 5.69 Å². The van der Waals surface area contributed by atoms with E-state index in [2.05, 4.69) is 5.32 Å². The highest BCUT2D eigenvalue weighted by Crippen LogP contribution is 2.28. The third kappa shape index (κ3) is 2.71. The fraction of sp³-hybridized carbons (Fsp3) is 0.455. The van der Waals surface area contributed by atoms with Crippen molar-refractivity contribution in [1.82, 2.24) is 0 Å². The van der Waals surface area contributed by atoms with Crippen LogP contribution in [0.3, 0.4) is 0 Å². The molecule has 6 heteroatoms. The van der Waals surface area contributed by atoms with Crippen molar-refractivity contribution in [3.8, 4) is 0 Å². The van der Waals surface area contributed by atoms with Gasteiger partial charge in [-0.1, -0.05) is 6.07 Å². The number of nitro groups is 1. The standard InChI is InChI=1S/C11H13FN2O3/c12-9-2-1-3-10(14(15)16)11(9)13-8-4-6-17-7-5-8/h1-3,8,13H,4-7H2. The molecule has 1 heterocycles. The van der Waals surface area contributed by atoms with Gasteiger partial charge in [-0.3, -0.25) is 10.1 Å². The van der Waals surface area contributed by atoms with E-state index >= 15 is 0 Å². The van der Waals surface area contributed by atoms with E-state index in [0.29, 0.717) is 13.2 Å². The van der Waals surface area contributed by atoms with Crippen molar-refractivity contribution >= 4 is 11.4 Å². The molecule has 92 valence electrons. The minimum absolute atomic E-state index is 0.0237. The van der Waals surface area contributed by atoms with Crippen LogP contribution >= 0.6 is 0 Å². The van der Waals surface area contributed by atoms with E-state index in [1.165, 1.54) is 18.2 Å². The van der Waals surface area contributed by atoms with Crippen LogP contribution < -0.4 is 5.32 Å². The first-order chi connectivity index (χ1) is 8.18. The summed E-state index contributed by atoms with van der Waals surface area (Å²) in [6.07, 6.45) is 1.46. The maximum absolute atomic E-state index is 13.6. The molecule has 0 bridgehead atoms. The number of nitrogens with zero attached hydrogens (tertiary/aromatic N) is 1. The van der Waals surface area contributed by atoms with E-state index in [0.717, 1.165) is 12.8 Å². The zero-order valence-electron chi connectivity index (χ0n) is 9.19. The molecule has 0 unspecified atom stereocenters. The SMILES string of the molecule is O=[N+]([O-])c1cccc(F)c1NC1CCOCC1. The molecule has 1 fully saturated rings. The molecule has 17 heavy (non-hydrogen) atoms. The van der Waals surface area contributed by atoms with E-state index in [1.54, 1.807) is 0 Å². The minimum atomic E-state index is -0.592. The molecule has 0 amide bonds. The zero-order valence-corrected chi connectivity index (χ0v) is 9.19. The van der Waals surface area contributed by atoms with Crippen molar-refractivity contribution < 1.29 is 14.1 Å². The summed E-state index contributed by atoms with van der Waals surface area (Å²) in [5.41, 5.74) is -0.249. The molecule has 1 aromatic carbocycles. The van der Waals surface area contributed by atoms with Gasteiger partial charge < -0.3 is 10.1 Å². The molecule has 0 spiro atoms. The summed E-state index contributed by atoms with van der Waals surface area (Å²) in [5, 5.41) is 13.7. The van der Waals surface area contributed by atoms with E-state index in [4.69, 9.17) is 4.74 Å². The fourth-order valence-corrected chi connectivity index (χ4v) is 1.85. The van der Waals surface area contributed by atoms with Crippen LogP contribution in [0, 0.1) is 15.9 Å².